The maximum absolute atomic E-state index is 11.8. The van der Waals surface area contributed by atoms with E-state index in [1.807, 2.05) is 0 Å². The average Bonchev–Trinajstić information content (AvgIpc) is 2.61. The lowest BCUT2D eigenvalue weighted by molar-refractivity contribution is -0.119. The fraction of sp³-hybridized carbons (Fsp3) is 0.562. The monoisotopic (exact) mass is 243 g/mol. The van der Waals surface area contributed by atoms with Crippen molar-refractivity contribution in [1.29, 1.82) is 0 Å². The topological polar surface area (TPSA) is 29.1 Å². The molecule has 1 N–H and O–H groups in total. The summed E-state index contributed by atoms with van der Waals surface area (Å²) in [4.78, 5) is 11.8. The summed E-state index contributed by atoms with van der Waals surface area (Å²) in [7, 11) is 0. The molecule has 2 unspecified atom stereocenters. The Morgan fingerprint density at radius 1 is 1.17 bits per heavy atom. The van der Waals surface area contributed by atoms with Crippen molar-refractivity contribution in [3.63, 3.8) is 0 Å². The molecular formula is C16H21NO. The van der Waals surface area contributed by atoms with E-state index < -0.39 is 0 Å². The van der Waals surface area contributed by atoms with Gasteiger partial charge in [-0.15, -0.1) is 0 Å². The van der Waals surface area contributed by atoms with E-state index in [-0.39, 0.29) is 22.8 Å². The van der Waals surface area contributed by atoms with Crippen LogP contribution in [-0.2, 0) is 15.6 Å². The van der Waals surface area contributed by atoms with E-state index in [1.54, 1.807) is 0 Å². The Morgan fingerprint density at radius 3 is 2.44 bits per heavy atom. The summed E-state index contributed by atoms with van der Waals surface area (Å²) in [5.41, 5.74) is 3.09. The molecule has 2 atom stereocenters. The van der Waals surface area contributed by atoms with Gasteiger partial charge in [-0.1, -0.05) is 38.1 Å². The standard InChI is InChI=1S/C16H21NO/c1-11-16(10-14(18)17-11)9-8-15(2,3)12-6-4-5-7-13(12)16/h4-7,11H,8-10H2,1-3H3,(H,17,18). The minimum Gasteiger partial charge on any atom is -0.353 e. The molecule has 0 aromatic heterocycles. The predicted octanol–water partition coefficient (Wildman–Crippen LogP) is 2.90. The van der Waals surface area contributed by atoms with E-state index >= 15 is 0 Å². The summed E-state index contributed by atoms with van der Waals surface area (Å²) in [5.74, 6) is 0.206. The summed E-state index contributed by atoms with van der Waals surface area (Å²) >= 11 is 0. The molecule has 2 aliphatic rings. The first-order chi connectivity index (χ1) is 8.46. The second kappa shape index (κ2) is 3.59. The zero-order chi connectivity index (χ0) is 13.0. The van der Waals surface area contributed by atoms with Crippen LogP contribution < -0.4 is 5.32 Å². The van der Waals surface area contributed by atoms with Gasteiger partial charge in [-0.2, -0.15) is 0 Å². The first-order valence-corrected chi connectivity index (χ1v) is 6.85. The number of hydrogen-bond acceptors (Lipinski definition) is 1. The molecule has 2 heteroatoms. The number of amides is 1. The molecule has 1 amide bonds. The molecule has 96 valence electrons. The number of rotatable bonds is 0. The highest BCUT2D eigenvalue weighted by Crippen LogP contribution is 2.50. The summed E-state index contributed by atoms with van der Waals surface area (Å²) < 4.78 is 0. The van der Waals surface area contributed by atoms with Gasteiger partial charge in [0.15, 0.2) is 0 Å². The highest BCUT2D eigenvalue weighted by atomic mass is 16.2. The summed E-state index contributed by atoms with van der Waals surface area (Å²) in [6.07, 6.45) is 2.92. The van der Waals surface area contributed by atoms with Gasteiger partial charge < -0.3 is 5.32 Å². The van der Waals surface area contributed by atoms with Crippen molar-refractivity contribution in [2.75, 3.05) is 0 Å². The molecule has 0 saturated carbocycles. The van der Waals surface area contributed by atoms with Crippen LogP contribution in [0.25, 0.3) is 0 Å². The summed E-state index contributed by atoms with van der Waals surface area (Å²) in [5, 5.41) is 3.11. The highest BCUT2D eigenvalue weighted by molar-refractivity contribution is 5.82. The lowest BCUT2D eigenvalue weighted by Crippen LogP contribution is -2.44. The second-order valence-electron chi connectivity index (χ2n) is 6.55. The van der Waals surface area contributed by atoms with E-state index in [9.17, 15) is 4.79 Å². The Labute approximate surface area is 109 Å². The van der Waals surface area contributed by atoms with Crippen LogP contribution in [0.15, 0.2) is 24.3 Å². The van der Waals surface area contributed by atoms with Gasteiger partial charge in [0.25, 0.3) is 0 Å². The molecule has 18 heavy (non-hydrogen) atoms. The van der Waals surface area contributed by atoms with Crippen molar-refractivity contribution in [2.45, 2.75) is 56.9 Å². The van der Waals surface area contributed by atoms with E-state index in [2.05, 4.69) is 50.4 Å². The molecular weight excluding hydrogens is 222 g/mol. The normalized spacial score (nSPS) is 33.3. The van der Waals surface area contributed by atoms with Gasteiger partial charge in [0.1, 0.15) is 0 Å². The predicted molar refractivity (Wildman–Crippen MR) is 72.6 cm³/mol. The molecule has 3 rings (SSSR count). The quantitative estimate of drug-likeness (QED) is 0.746. The maximum atomic E-state index is 11.8. The van der Waals surface area contributed by atoms with Gasteiger partial charge in [0.05, 0.1) is 0 Å². The van der Waals surface area contributed by atoms with Gasteiger partial charge in [-0.3, -0.25) is 4.79 Å². The van der Waals surface area contributed by atoms with Crippen LogP contribution in [0, 0.1) is 0 Å². The molecule has 0 radical (unpaired) electrons. The van der Waals surface area contributed by atoms with E-state index in [1.165, 1.54) is 11.1 Å². The third-order valence-electron chi connectivity index (χ3n) is 5.07. The van der Waals surface area contributed by atoms with E-state index in [0.29, 0.717) is 6.42 Å². The minimum atomic E-state index is 0.0309. The molecule has 1 fully saturated rings. The third kappa shape index (κ3) is 1.44. The van der Waals surface area contributed by atoms with Crippen LogP contribution in [0.5, 0.6) is 0 Å². The molecule has 1 aliphatic carbocycles. The molecule has 1 spiro atoms. The number of carbonyl (C=O) groups is 1. The largest absolute Gasteiger partial charge is 0.353 e. The Kier molecular flexibility index (Phi) is 2.35. The number of hydrogen-bond donors (Lipinski definition) is 1. The SMILES string of the molecule is CC1NC(=O)CC12CCC(C)(C)c1ccccc12. The van der Waals surface area contributed by atoms with Crippen molar-refractivity contribution in [3.05, 3.63) is 35.4 Å². The van der Waals surface area contributed by atoms with Gasteiger partial charge in [-0.05, 0) is 36.3 Å². The smallest absolute Gasteiger partial charge is 0.221 e. The number of nitrogens with one attached hydrogen (secondary N) is 1. The van der Waals surface area contributed by atoms with Crippen molar-refractivity contribution in [2.24, 2.45) is 0 Å². The van der Waals surface area contributed by atoms with Crippen molar-refractivity contribution in [1.82, 2.24) is 5.32 Å². The Morgan fingerprint density at radius 2 is 1.83 bits per heavy atom. The number of benzene rings is 1. The highest BCUT2D eigenvalue weighted by Gasteiger charge is 2.50. The molecule has 1 heterocycles. The van der Waals surface area contributed by atoms with Crippen LogP contribution in [0.1, 0.15) is 51.2 Å². The molecule has 2 nitrogen and oxygen atoms in total. The van der Waals surface area contributed by atoms with Gasteiger partial charge in [-0.25, -0.2) is 0 Å². The second-order valence-corrected chi connectivity index (χ2v) is 6.55. The number of carbonyl (C=O) groups excluding carboxylic acids is 1. The average molecular weight is 243 g/mol. The van der Waals surface area contributed by atoms with E-state index in [4.69, 9.17) is 0 Å². The van der Waals surface area contributed by atoms with Crippen LogP contribution in [-0.4, -0.2) is 11.9 Å². The molecule has 1 saturated heterocycles. The lowest BCUT2D eigenvalue weighted by Gasteiger charge is -2.45. The van der Waals surface area contributed by atoms with Crippen LogP contribution >= 0.6 is 0 Å². The Hall–Kier alpha value is -1.31. The van der Waals surface area contributed by atoms with Crippen LogP contribution in [0.4, 0.5) is 0 Å². The molecule has 0 bridgehead atoms. The van der Waals surface area contributed by atoms with Gasteiger partial charge >= 0.3 is 0 Å². The molecule has 1 aromatic rings. The van der Waals surface area contributed by atoms with Crippen molar-refractivity contribution in [3.8, 4) is 0 Å². The fourth-order valence-corrected chi connectivity index (χ4v) is 3.82. The zero-order valence-electron chi connectivity index (χ0n) is 11.4. The summed E-state index contributed by atoms with van der Waals surface area (Å²) in [6.45, 7) is 6.78. The summed E-state index contributed by atoms with van der Waals surface area (Å²) in [6, 6.07) is 8.95. The lowest BCUT2D eigenvalue weighted by atomic mass is 9.59. The third-order valence-corrected chi connectivity index (χ3v) is 5.07. The zero-order valence-corrected chi connectivity index (χ0v) is 11.4. The first-order valence-electron chi connectivity index (χ1n) is 6.85. The Bertz CT molecular complexity index is 506. The maximum Gasteiger partial charge on any atom is 0.221 e. The van der Waals surface area contributed by atoms with Crippen LogP contribution in [0.3, 0.4) is 0 Å². The Balaban J connectivity index is 2.18. The fourth-order valence-electron chi connectivity index (χ4n) is 3.82. The van der Waals surface area contributed by atoms with Crippen molar-refractivity contribution >= 4 is 5.91 Å². The minimum absolute atomic E-state index is 0.0309. The first kappa shape index (κ1) is 11.8. The molecule has 1 aromatic carbocycles. The molecule has 1 aliphatic heterocycles. The van der Waals surface area contributed by atoms with Gasteiger partial charge in [0.2, 0.25) is 5.91 Å². The van der Waals surface area contributed by atoms with Crippen LogP contribution in [0.2, 0.25) is 0 Å². The number of fused-ring (bicyclic) bond motifs is 2. The van der Waals surface area contributed by atoms with Gasteiger partial charge in [0, 0.05) is 17.9 Å². The van der Waals surface area contributed by atoms with Crippen molar-refractivity contribution < 1.29 is 4.79 Å². The van der Waals surface area contributed by atoms with E-state index in [0.717, 1.165) is 12.8 Å².